The molecule has 0 aromatic heterocycles. The fraction of sp³-hybridized carbons (Fsp3) is 0.556. The Balaban J connectivity index is 4.71. The molecular weight excluding hydrogens is 216 g/mol. The van der Waals surface area contributed by atoms with Gasteiger partial charge in [0.15, 0.2) is 0 Å². The van der Waals surface area contributed by atoms with Gasteiger partial charge in [0.2, 0.25) is 5.91 Å². The Labute approximate surface area is 90.3 Å². The van der Waals surface area contributed by atoms with Gasteiger partial charge < -0.3 is 0 Å². The van der Waals surface area contributed by atoms with Crippen LogP contribution in [0.3, 0.4) is 0 Å². The van der Waals surface area contributed by atoms with Gasteiger partial charge in [0.05, 0.1) is 5.75 Å². The van der Waals surface area contributed by atoms with Crippen molar-refractivity contribution >= 4 is 21.7 Å². The lowest BCUT2D eigenvalue weighted by molar-refractivity contribution is -0.117. The number of allylic oxidation sites excluding steroid dienone is 1. The third kappa shape index (κ3) is 6.84. The highest BCUT2D eigenvalue weighted by Gasteiger charge is 2.10. The Morgan fingerprint density at radius 3 is 2.47 bits per heavy atom. The summed E-state index contributed by atoms with van der Waals surface area (Å²) in [5.74, 6) is -0.839. The molecule has 0 aliphatic carbocycles. The Bertz CT molecular complexity index is 368. The van der Waals surface area contributed by atoms with Gasteiger partial charge in [-0.1, -0.05) is 6.08 Å². The fourth-order valence-corrected chi connectivity index (χ4v) is 2.64. The molecular formula is C9H16N2O3S. The van der Waals surface area contributed by atoms with Crippen LogP contribution in [0.15, 0.2) is 17.0 Å². The quantitative estimate of drug-likeness (QED) is 0.568. The van der Waals surface area contributed by atoms with Crippen molar-refractivity contribution < 1.29 is 13.8 Å². The highest BCUT2D eigenvalue weighted by Crippen LogP contribution is 1.99. The van der Waals surface area contributed by atoms with Crippen molar-refractivity contribution in [3.05, 3.63) is 12.7 Å². The number of unbranched alkanes of at least 4 members (excludes halogenated alkanes) is 1. The summed E-state index contributed by atoms with van der Waals surface area (Å²) in [4.78, 5) is 21.5. The number of amides is 2. The molecule has 1 N–H and O–H groups in total. The second-order valence-electron chi connectivity index (χ2n) is 3.04. The molecule has 0 bridgehead atoms. The predicted molar refractivity (Wildman–Crippen MR) is 59.4 cm³/mol. The summed E-state index contributed by atoms with van der Waals surface area (Å²) in [7, 11) is -2.93. The van der Waals surface area contributed by atoms with E-state index in [0.717, 1.165) is 0 Å². The van der Waals surface area contributed by atoms with Crippen molar-refractivity contribution in [2.45, 2.75) is 26.7 Å². The molecule has 0 radical (unpaired) electrons. The van der Waals surface area contributed by atoms with Crippen LogP contribution in [-0.4, -0.2) is 21.8 Å². The first kappa shape index (κ1) is 13.8. The Morgan fingerprint density at radius 2 is 2.07 bits per heavy atom. The Kier molecular flexibility index (Phi) is 5.84. The number of hydrogen-bond donors (Lipinski definition) is 1. The lowest BCUT2D eigenvalue weighted by Gasteiger charge is -2.08. The second-order valence-corrected chi connectivity index (χ2v) is 5.12. The van der Waals surface area contributed by atoms with Crippen LogP contribution in [0, 0.1) is 0 Å². The lowest BCUT2D eigenvalue weighted by atomic mass is 10.3. The Morgan fingerprint density at radius 1 is 1.47 bits per heavy atom. The number of rotatable bonds is 5. The molecule has 5 nitrogen and oxygen atoms in total. The maximum absolute atomic E-state index is 11.9. The van der Waals surface area contributed by atoms with Crippen LogP contribution in [-0.2, 0) is 19.5 Å². The van der Waals surface area contributed by atoms with Crippen LogP contribution in [0.2, 0.25) is 0 Å². The van der Waals surface area contributed by atoms with E-state index in [9.17, 15) is 13.8 Å². The summed E-state index contributed by atoms with van der Waals surface area (Å²) in [6.45, 7) is 5.97. The van der Waals surface area contributed by atoms with E-state index >= 15 is 0 Å². The molecule has 15 heavy (non-hydrogen) atoms. The molecule has 0 spiro atoms. The predicted octanol–water partition coefficient (Wildman–Crippen LogP) is 1.02. The van der Waals surface area contributed by atoms with Crippen LogP contribution in [0.4, 0.5) is 0 Å². The van der Waals surface area contributed by atoms with Gasteiger partial charge in [-0.3, -0.25) is 14.3 Å². The second kappa shape index (κ2) is 6.34. The minimum absolute atomic E-state index is 0.165. The topological polar surface area (TPSA) is 75.6 Å². The zero-order valence-electron chi connectivity index (χ0n) is 8.99. The van der Waals surface area contributed by atoms with Gasteiger partial charge >= 0.3 is 0 Å². The lowest BCUT2D eigenvalue weighted by Crippen LogP contribution is -2.31. The summed E-state index contributed by atoms with van der Waals surface area (Å²) in [5.41, 5.74) is 0. The van der Waals surface area contributed by atoms with E-state index < -0.39 is 21.7 Å². The summed E-state index contributed by atoms with van der Waals surface area (Å²) >= 11 is 0. The van der Waals surface area contributed by atoms with Crippen LogP contribution in [0.25, 0.3) is 0 Å². The SMILES string of the molecule is C=CCCCS(=O)(=NC(C)=O)NC(C)=O. The molecule has 1 atom stereocenters. The van der Waals surface area contributed by atoms with Crippen molar-refractivity contribution in [2.75, 3.05) is 5.75 Å². The highest BCUT2D eigenvalue weighted by molar-refractivity contribution is 7.92. The third-order valence-electron chi connectivity index (χ3n) is 1.41. The van der Waals surface area contributed by atoms with E-state index in [1.807, 2.05) is 0 Å². The molecule has 0 aliphatic rings. The van der Waals surface area contributed by atoms with E-state index in [4.69, 9.17) is 0 Å². The molecule has 2 amide bonds. The van der Waals surface area contributed by atoms with Crippen molar-refractivity contribution in [3.63, 3.8) is 0 Å². The molecule has 86 valence electrons. The van der Waals surface area contributed by atoms with Gasteiger partial charge in [0.25, 0.3) is 5.91 Å². The Hall–Kier alpha value is -1.17. The fourth-order valence-electron chi connectivity index (χ4n) is 0.975. The average Bonchev–Trinajstić information content (AvgIpc) is 2.00. The average molecular weight is 232 g/mol. The number of nitrogens with one attached hydrogen (secondary N) is 1. The van der Waals surface area contributed by atoms with Gasteiger partial charge in [-0.15, -0.1) is 10.9 Å². The van der Waals surface area contributed by atoms with E-state index in [1.54, 1.807) is 6.08 Å². The number of carbonyl (C=O) groups excluding carboxylic acids is 2. The number of nitrogens with zero attached hydrogens (tertiary/aromatic N) is 1. The van der Waals surface area contributed by atoms with Crippen LogP contribution >= 0.6 is 0 Å². The zero-order chi connectivity index (χ0) is 11.9. The van der Waals surface area contributed by atoms with Crippen molar-refractivity contribution in [3.8, 4) is 0 Å². The number of carbonyl (C=O) groups is 2. The third-order valence-corrected chi connectivity index (χ3v) is 3.41. The first-order valence-corrected chi connectivity index (χ1v) is 6.22. The monoisotopic (exact) mass is 232 g/mol. The summed E-state index contributed by atoms with van der Waals surface area (Å²) in [6, 6.07) is 0. The molecule has 0 fully saturated rings. The van der Waals surface area contributed by atoms with Crippen molar-refractivity contribution in [1.29, 1.82) is 0 Å². The summed E-state index contributed by atoms with van der Waals surface area (Å²) in [5, 5.41) is 0. The maximum Gasteiger partial charge on any atom is 0.252 e. The first-order valence-electron chi connectivity index (χ1n) is 4.54. The van der Waals surface area contributed by atoms with Crippen LogP contribution < -0.4 is 4.72 Å². The van der Waals surface area contributed by atoms with Crippen molar-refractivity contribution in [2.24, 2.45) is 4.36 Å². The van der Waals surface area contributed by atoms with Gasteiger partial charge in [0.1, 0.15) is 9.92 Å². The van der Waals surface area contributed by atoms with Gasteiger partial charge in [-0.05, 0) is 12.8 Å². The molecule has 6 heteroatoms. The molecule has 1 unspecified atom stereocenters. The summed E-state index contributed by atoms with van der Waals surface area (Å²) in [6.07, 6.45) is 2.92. The van der Waals surface area contributed by atoms with Crippen LogP contribution in [0.5, 0.6) is 0 Å². The van der Waals surface area contributed by atoms with Gasteiger partial charge in [-0.25, -0.2) is 4.21 Å². The molecule has 0 rings (SSSR count). The maximum atomic E-state index is 11.9. The smallest absolute Gasteiger partial charge is 0.252 e. The van der Waals surface area contributed by atoms with Crippen LogP contribution in [0.1, 0.15) is 26.7 Å². The minimum Gasteiger partial charge on any atom is -0.274 e. The summed E-state index contributed by atoms with van der Waals surface area (Å²) < 4.78 is 17.6. The minimum atomic E-state index is -2.93. The molecule has 0 saturated carbocycles. The van der Waals surface area contributed by atoms with E-state index in [-0.39, 0.29) is 5.75 Å². The van der Waals surface area contributed by atoms with E-state index in [2.05, 4.69) is 15.7 Å². The van der Waals surface area contributed by atoms with Gasteiger partial charge in [0, 0.05) is 13.8 Å². The molecule has 0 aromatic carbocycles. The molecule has 0 aliphatic heterocycles. The van der Waals surface area contributed by atoms with Gasteiger partial charge in [-0.2, -0.15) is 0 Å². The van der Waals surface area contributed by atoms with E-state index in [0.29, 0.717) is 12.8 Å². The standard InChI is InChI=1S/C9H16N2O3S/c1-4-5-6-7-15(14,10-8(2)12)11-9(3)13/h4H,1,5-7H2,2-3H3,(H,10,11,12,13,14). The highest BCUT2D eigenvalue weighted by atomic mass is 32.2. The molecule has 0 heterocycles. The van der Waals surface area contributed by atoms with Crippen molar-refractivity contribution in [1.82, 2.24) is 4.72 Å². The normalized spacial score (nSPS) is 13.7. The molecule has 0 saturated heterocycles. The largest absolute Gasteiger partial charge is 0.274 e. The zero-order valence-corrected chi connectivity index (χ0v) is 9.80. The van der Waals surface area contributed by atoms with E-state index in [1.165, 1.54) is 13.8 Å². The number of hydrogen-bond acceptors (Lipinski definition) is 3. The molecule has 0 aromatic rings. The first-order chi connectivity index (χ1) is 6.89.